The highest BCUT2D eigenvalue weighted by Crippen LogP contribution is 2.56. The van der Waals surface area contributed by atoms with Gasteiger partial charge >= 0.3 is 23.9 Å². The summed E-state index contributed by atoms with van der Waals surface area (Å²) in [6.45, 7) is 8.04. The van der Waals surface area contributed by atoms with E-state index in [9.17, 15) is 19.2 Å². The quantitative estimate of drug-likeness (QED) is 0.456. The van der Waals surface area contributed by atoms with Crippen LogP contribution in [0.1, 0.15) is 66.2 Å². The Bertz CT molecular complexity index is 852. The molecule has 8 heteroatoms. The highest BCUT2D eigenvalue weighted by atomic mass is 16.6. The van der Waals surface area contributed by atoms with Crippen LogP contribution in [0.2, 0.25) is 0 Å². The Morgan fingerprint density at radius 2 is 1.74 bits per heavy atom. The number of methoxy groups -OCH3 is 1. The molecule has 4 bridgehead atoms. The molecule has 8 nitrogen and oxygen atoms in total. The van der Waals surface area contributed by atoms with E-state index in [0.29, 0.717) is 24.2 Å². The molecule has 34 heavy (non-hydrogen) atoms. The van der Waals surface area contributed by atoms with Crippen molar-refractivity contribution in [1.29, 1.82) is 0 Å². The van der Waals surface area contributed by atoms with Crippen LogP contribution in [0.25, 0.3) is 0 Å². The summed E-state index contributed by atoms with van der Waals surface area (Å²) in [6.07, 6.45) is 3.56. The largest absolute Gasteiger partial charge is 0.481 e. The Morgan fingerprint density at radius 1 is 1.06 bits per heavy atom. The number of aliphatic carboxylic acids is 1. The summed E-state index contributed by atoms with van der Waals surface area (Å²) in [6, 6.07) is 0. The van der Waals surface area contributed by atoms with Crippen LogP contribution in [0.15, 0.2) is 0 Å². The van der Waals surface area contributed by atoms with Crippen molar-refractivity contribution >= 4 is 23.9 Å². The Balaban J connectivity index is 0.000000192. The fourth-order valence-corrected chi connectivity index (χ4v) is 7.29. The van der Waals surface area contributed by atoms with Gasteiger partial charge in [0, 0.05) is 11.8 Å². The second kappa shape index (κ2) is 9.15. The van der Waals surface area contributed by atoms with Gasteiger partial charge in [-0.05, 0) is 62.7 Å². The lowest BCUT2D eigenvalue weighted by atomic mass is 9.76. The third-order valence-corrected chi connectivity index (χ3v) is 9.91. The number of carboxylic acids is 1. The number of ether oxygens (including phenoxy) is 3. The van der Waals surface area contributed by atoms with Crippen molar-refractivity contribution in [3.05, 3.63) is 0 Å². The average Bonchev–Trinajstić information content (AvgIpc) is 3.58. The normalized spacial score (nSPS) is 42.4. The first-order valence-corrected chi connectivity index (χ1v) is 12.7. The molecule has 0 aromatic carbocycles. The van der Waals surface area contributed by atoms with E-state index in [0.717, 1.165) is 25.2 Å². The lowest BCUT2D eigenvalue weighted by Gasteiger charge is -2.31. The second-order valence-corrected chi connectivity index (χ2v) is 11.5. The summed E-state index contributed by atoms with van der Waals surface area (Å²) in [5.74, 6) is 1.38. The van der Waals surface area contributed by atoms with Gasteiger partial charge in [-0.1, -0.05) is 20.8 Å². The smallest absolute Gasteiger partial charge is 0.312 e. The molecule has 11 unspecified atom stereocenters. The van der Waals surface area contributed by atoms with Crippen LogP contribution in [0.3, 0.4) is 0 Å². The van der Waals surface area contributed by atoms with Gasteiger partial charge in [0.15, 0.2) is 0 Å². The lowest BCUT2D eigenvalue weighted by Crippen LogP contribution is -2.41. The van der Waals surface area contributed by atoms with Crippen LogP contribution >= 0.6 is 0 Å². The third kappa shape index (κ3) is 4.11. The Hall–Kier alpha value is -2.12. The minimum Gasteiger partial charge on any atom is -0.481 e. The summed E-state index contributed by atoms with van der Waals surface area (Å²) in [5.41, 5.74) is -0.906. The maximum atomic E-state index is 12.6. The fourth-order valence-electron chi connectivity index (χ4n) is 7.29. The van der Waals surface area contributed by atoms with E-state index in [-0.39, 0.29) is 48.3 Å². The molecule has 190 valence electrons. The molecule has 4 aliphatic carbocycles. The van der Waals surface area contributed by atoms with Crippen LogP contribution in [0.5, 0.6) is 0 Å². The number of carboxylic acid groups (broad SMARTS) is 1. The molecule has 1 N–H and O–H groups in total. The molecule has 4 saturated carbocycles. The number of esters is 3. The van der Waals surface area contributed by atoms with Gasteiger partial charge in [0.2, 0.25) is 0 Å². The van der Waals surface area contributed by atoms with Crippen LogP contribution in [0, 0.1) is 52.8 Å². The van der Waals surface area contributed by atoms with Gasteiger partial charge in [-0.3, -0.25) is 19.2 Å². The Labute approximate surface area is 201 Å². The van der Waals surface area contributed by atoms with E-state index in [1.54, 1.807) is 6.92 Å². The Kier molecular flexibility index (Phi) is 6.73. The molecular weight excluding hydrogens is 440 g/mol. The number of hydrogen-bond acceptors (Lipinski definition) is 7. The van der Waals surface area contributed by atoms with Crippen molar-refractivity contribution in [2.24, 2.45) is 52.8 Å². The monoisotopic (exact) mass is 478 g/mol. The zero-order chi connectivity index (χ0) is 24.9. The van der Waals surface area contributed by atoms with Gasteiger partial charge in [-0.2, -0.15) is 0 Å². The van der Waals surface area contributed by atoms with Crippen molar-refractivity contribution in [2.75, 3.05) is 7.11 Å². The van der Waals surface area contributed by atoms with Crippen molar-refractivity contribution in [3.63, 3.8) is 0 Å². The van der Waals surface area contributed by atoms with Crippen LogP contribution in [-0.4, -0.2) is 48.3 Å². The minimum absolute atomic E-state index is 0.00224. The van der Waals surface area contributed by atoms with E-state index in [4.69, 9.17) is 14.6 Å². The molecule has 1 heterocycles. The summed E-state index contributed by atoms with van der Waals surface area (Å²) in [4.78, 5) is 46.7. The summed E-state index contributed by atoms with van der Waals surface area (Å²) >= 11 is 0. The first kappa shape index (κ1) is 25.0. The molecule has 0 amide bonds. The van der Waals surface area contributed by atoms with E-state index in [1.165, 1.54) is 13.5 Å². The number of hydrogen-bond donors (Lipinski definition) is 1. The van der Waals surface area contributed by atoms with Gasteiger partial charge in [0.1, 0.15) is 12.2 Å². The van der Waals surface area contributed by atoms with E-state index < -0.39 is 23.3 Å². The molecule has 1 aliphatic heterocycles. The van der Waals surface area contributed by atoms with Crippen LogP contribution in [-0.2, 0) is 33.4 Å². The molecular formula is C26H38O8. The van der Waals surface area contributed by atoms with Gasteiger partial charge in [0.05, 0.1) is 30.8 Å². The number of fused-ring (bicyclic) bond motifs is 3. The molecule has 0 spiro atoms. The maximum Gasteiger partial charge on any atom is 0.312 e. The van der Waals surface area contributed by atoms with Gasteiger partial charge < -0.3 is 19.3 Å². The van der Waals surface area contributed by atoms with E-state index >= 15 is 0 Å². The molecule has 11 atom stereocenters. The summed E-state index contributed by atoms with van der Waals surface area (Å²) < 4.78 is 15.8. The SMILES string of the molecule is CC1C2CC(C(=O)O)C(C2)C1C.CCC(C)(CC(=O)OC)C(=O)OC1C2CC3C(=O)OC1C3C2. The maximum absolute atomic E-state index is 12.6. The molecule has 5 rings (SSSR count). The van der Waals surface area contributed by atoms with Crippen LogP contribution < -0.4 is 0 Å². The molecule has 1 saturated heterocycles. The zero-order valence-corrected chi connectivity index (χ0v) is 20.8. The zero-order valence-electron chi connectivity index (χ0n) is 20.8. The number of rotatable bonds is 6. The van der Waals surface area contributed by atoms with Gasteiger partial charge in [-0.25, -0.2) is 0 Å². The molecule has 5 aliphatic rings. The van der Waals surface area contributed by atoms with Crippen molar-refractivity contribution in [1.82, 2.24) is 0 Å². The van der Waals surface area contributed by atoms with E-state index in [1.807, 2.05) is 6.92 Å². The van der Waals surface area contributed by atoms with Gasteiger partial charge in [-0.15, -0.1) is 0 Å². The number of carbonyl (C=O) groups is 4. The van der Waals surface area contributed by atoms with Crippen LogP contribution in [0.4, 0.5) is 0 Å². The second-order valence-electron chi connectivity index (χ2n) is 11.5. The van der Waals surface area contributed by atoms with Crippen molar-refractivity contribution in [3.8, 4) is 0 Å². The predicted octanol–water partition coefficient (Wildman–Crippen LogP) is 3.46. The Morgan fingerprint density at radius 3 is 2.29 bits per heavy atom. The first-order chi connectivity index (χ1) is 16.0. The molecule has 0 aromatic rings. The highest BCUT2D eigenvalue weighted by molar-refractivity contribution is 5.83. The average molecular weight is 479 g/mol. The standard InChI is InChI=1S/C16H22O6.C10H16O2/c1-4-16(2,7-11(17)20-3)15(19)22-12-8-5-9-10(6-8)14(18)21-13(9)12;1-5-6(2)8-3-7(5)4-9(8)10(11)12/h8-10,12-13H,4-7H2,1-3H3;5-9H,3-4H2,1-2H3,(H,11,12). The van der Waals surface area contributed by atoms with Crippen molar-refractivity contribution in [2.45, 2.75) is 78.4 Å². The predicted molar refractivity (Wildman–Crippen MR) is 120 cm³/mol. The number of carbonyl (C=O) groups excluding carboxylic acids is 3. The van der Waals surface area contributed by atoms with E-state index in [2.05, 4.69) is 18.6 Å². The molecule has 0 aromatic heterocycles. The van der Waals surface area contributed by atoms with Crippen molar-refractivity contribution < 1.29 is 38.5 Å². The van der Waals surface area contributed by atoms with Gasteiger partial charge in [0.25, 0.3) is 0 Å². The molecule has 5 fully saturated rings. The highest BCUT2D eigenvalue weighted by Gasteiger charge is 2.63. The summed E-state index contributed by atoms with van der Waals surface area (Å²) in [7, 11) is 1.30. The minimum atomic E-state index is -0.906. The first-order valence-electron chi connectivity index (χ1n) is 12.7. The fraction of sp³-hybridized carbons (Fsp3) is 0.846. The molecule has 0 radical (unpaired) electrons. The lowest BCUT2D eigenvalue weighted by molar-refractivity contribution is -0.174. The topological polar surface area (TPSA) is 116 Å². The third-order valence-electron chi connectivity index (χ3n) is 9.91. The summed E-state index contributed by atoms with van der Waals surface area (Å²) in [5, 5.41) is 8.94.